The van der Waals surface area contributed by atoms with Gasteiger partial charge in [-0.3, -0.25) is 4.99 Å². The Bertz CT molecular complexity index is 561. The summed E-state index contributed by atoms with van der Waals surface area (Å²) < 4.78 is 18.3. The standard InChI is InChI=1S/C18H27ClFN3O/c1-21-17(23-13-18(7-3-8-18)9-11-24-2)22-10-6-14-4-5-15(20)12-16(14)19/h4-5,12H,3,6-11,13H2,1-2H3,(H2,21,22,23). The van der Waals surface area contributed by atoms with Crippen molar-refractivity contribution in [1.29, 1.82) is 0 Å². The minimum atomic E-state index is -0.309. The minimum Gasteiger partial charge on any atom is -0.385 e. The van der Waals surface area contributed by atoms with E-state index < -0.39 is 0 Å². The summed E-state index contributed by atoms with van der Waals surface area (Å²) in [4.78, 5) is 4.27. The van der Waals surface area contributed by atoms with E-state index >= 15 is 0 Å². The van der Waals surface area contributed by atoms with Crippen LogP contribution in [0.2, 0.25) is 5.02 Å². The summed E-state index contributed by atoms with van der Waals surface area (Å²) in [6.45, 7) is 2.40. The fourth-order valence-corrected chi connectivity index (χ4v) is 3.30. The van der Waals surface area contributed by atoms with Crippen LogP contribution in [0.15, 0.2) is 23.2 Å². The van der Waals surface area contributed by atoms with Crippen molar-refractivity contribution in [1.82, 2.24) is 10.6 Å². The van der Waals surface area contributed by atoms with Crippen LogP contribution in [0.4, 0.5) is 4.39 Å². The molecule has 1 saturated carbocycles. The van der Waals surface area contributed by atoms with Crippen LogP contribution in [0.1, 0.15) is 31.2 Å². The molecule has 0 saturated heterocycles. The molecule has 1 aliphatic carbocycles. The van der Waals surface area contributed by atoms with E-state index in [0.717, 1.165) is 31.1 Å². The molecule has 0 atom stereocenters. The third kappa shape index (κ3) is 5.35. The molecule has 1 fully saturated rings. The maximum absolute atomic E-state index is 13.1. The Hall–Kier alpha value is -1.33. The summed E-state index contributed by atoms with van der Waals surface area (Å²) in [5.74, 6) is 0.480. The first-order valence-corrected chi connectivity index (χ1v) is 8.84. The molecule has 1 aliphatic rings. The lowest BCUT2D eigenvalue weighted by molar-refractivity contribution is 0.0732. The van der Waals surface area contributed by atoms with Crippen LogP contribution >= 0.6 is 11.6 Å². The molecule has 134 valence electrons. The number of nitrogens with one attached hydrogen (secondary N) is 2. The Morgan fingerprint density at radius 2 is 2.17 bits per heavy atom. The zero-order chi connectivity index (χ0) is 17.4. The number of benzene rings is 1. The predicted octanol–water partition coefficient (Wildman–Crippen LogP) is 3.39. The highest BCUT2D eigenvalue weighted by atomic mass is 35.5. The smallest absolute Gasteiger partial charge is 0.191 e. The molecular weight excluding hydrogens is 329 g/mol. The number of aliphatic imine (C=N–C) groups is 1. The number of hydrogen-bond acceptors (Lipinski definition) is 2. The number of rotatable bonds is 8. The number of guanidine groups is 1. The van der Waals surface area contributed by atoms with Gasteiger partial charge in [-0.2, -0.15) is 0 Å². The maximum Gasteiger partial charge on any atom is 0.191 e. The van der Waals surface area contributed by atoms with Crippen molar-refractivity contribution >= 4 is 17.6 Å². The van der Waals surface area contributed by atoms with Crippen molar-refractivity contribution in [3.8, 4) is 0 Å². The van der Waals surface area contributed by atoms with Gasteiger partial charge in [0, 0.05) is 38.9 Å². The Morgan fingerprint density at radius 1 is 1.38 bits per heavy atom. The van der Waals surface area contributed by atoms with E-state index in [0.29, 0.717) is 23.4 Å². The quantitative estimate of drug-likeness (QED) is 0.555. The van der Waals surface area contributed by atoms with Crippen LogP contribution in [0.3, 0.4) is 0 Å². The van der Waals surface area contributed by atoms with Gasteiger partial charge in [-0.05, 0) is 48.8 Å². The van der Waals surface area contributed by atoms with Crippen molar-refractivity contribution in [3.63, 3.8) is 0 Å². The molecule has 0 heterocycles. The molecule has 1 aromatic carbocycles. The summed E-state index contributed by atoms with van der Waals surface area (Å²) >= 11 is 6.05. The summed E-state index contributed by atoms with van der Waals surface area (Å²) in [5, 5.41) is 7.18. The van der Waals surface area contributed by atoms with Gasteiger partial charge in [-0.25, -0.2) is 4.39 Å². The molecule has 2 rings (SSSR count). The molecular formula is C18H27ClFN3O. The molecule has 0 bridgehead atoms. The largest absolute Gasteiger partial charge is 0.385 e. The molecule has 0 aliphatic heterocycles. The van der Waals surface area contributed by atoms with E-state index in [1.807, 2.05) is 0 Å². The van der Waals surface area contributed by atoms with Crippen LogP contribution in [0.25, 0.3) is 0 Å². The summed E-state index contributed by atoms with van der Waals surface area (Å²) in [5.41, 5.74) is 1.27. The molecule has 0 amide bonds. The second-order valence-electron chi connectivity index (χ2n) is 6.43. The average Bonchev–Trinajstić information content (AvgIpc) is 2.53. The van der Waals surface area contributed by atoms with Crippen molar-refractivity contribution in [2.24, 2.45) is 10.4 Å². The number of ether oxygens (including phenoxy) is 1. The van der Waals surface area contributed by atoms with Gasteiger partial charge in [-0.1, -0.05) is 24.1 Å². The lowest BCUT2D eigenvalue weighted by Crippen LogP contribution is -2.47. The van der Waals surface area contributed by atoms with Gasteiger partial charge in [0.25, 0.3) is 0 Å². The number of nitrogens with zero attached hydrogens (tertiary/aromatic N) is 1. The predicted molar refractivity (Wildman–Crippen MR) is 97.3 cm³/mol. The summed E-state index contributed by atoms with van der Waals surface area (Å²) in [6, 6.07) is 4.51. The molecule has 1 aromatic rings. The summed E-state index contributed by atoms with van der Waals surface area (Å²) in [6.07, 6.45) is 5.57. The summed E-state index contributed by atoms with van der Waals surface area (Å²) in [7, 11) is 3.52. The van der Waals surface area contributed by atoms with E-state index in [4.69, 9.17) is 16.3 Å². The van der Waals surface area contributed by atoms with Crippen molar-refractivity contribution in [2.75, 3.05) is 33.9 Å². The zero-order valence-electron chi connectivity index (χ0n) is 14.5. The van der Waals surface area contributed by atoms with Crippen LogP contribution in [0.5, 0.6) is 0 Å². The number of methoxy groups -OCH3 is 1. The Balaban J connectivity index is 1.76. The number of halogens is 2. The van der Waals surface area contributed by atoms with E-state index in [9.17, 15) is 4.39 Å². The topological polar surface area (TPSA) is 45.7 Å². The van der Waals surface area contributed by atoms with Gasteiger partial charge in [0.2, 0.25) is 0 Å². The third-order valence-electron chi connectivity index (χ3n) is 4.81. The third-order valence-corrected chi connectivity index (χ3v) is 5.16. The van der Waals surface area contributed by atoms with Crippen molar-refractivity contribution in [2.45, 2.75) is 32.1 Å². The first-order chi connectivity index (χ1) is 11.6. The number of hydrogen-bond donors (Lipinski definition) is 2. The Labute approximate surface area is 148 Å². The highest BCUT2D eigenvalue weighted by molar-refractivity contribution is 6.31. The van der Waals surface area contributed by atoms with Gasteiger partial charge >= 0.3 is 0 Å². The monoisotopic (exact) mass is 355 g/mol. The van der Waals surface area contributed by atoms with Gasteiger partial charge in [0.05, 0.1) is 0 Å². The van der Waals surface area contributed by atoms with E-state index in [2.05, 4.69) is 15.6 Å². The van der Waals surface area contributed by atoms with Crippen LogP contribution in [-0.2, 0) is 11.2 Å². The second-order valence-corrected chi connectivity index (χ2v) is 6.84. The first-order valence-electron chi connectivity index (χ1n) is 8.46. The SMILES string of the molecule is CN=C(NCCc1ccc(F)cc1Cl)NCC1(CCOC)CCC1. The molecule has 4 nitrogen and oxygen atoms in total. The normalized spacial score (nSPS) is 16.6. The van der Waals surface area contributed by atoms with Gasteiger partial charge in [0.1, 0.15) is 5.82 Å². The van der Waals surface area contributed by atoms with Gasteiger partial charge < -0.3 is 15.4 Å². The fourth-order valence-electron chi connectivity index (χ4n) is 3.04. The zero-order valence-corrected chi connectivity index (χ0v) is 15.3. The molecule has 0 aromatic heterocycles. The van der Waals surface area contributed by atoms with Crippen molar-refractivity contribution < 1.29 is 9.13 Å². The van der Waals surface area contributed by atoms with Crippen molar-refractivity contribution in [3.05, 3.63) is 34.6 Å². The molecule has 24 heavy (non-hydrogen) atoms. The molecule has 0 spiro atoms. The van der Waals surface area contributed by atoms with E-state index in [-0.39, 0.29) is 5.82 Å². The molecule has 2 N–H and O–H groups in total. The fraction of sp³-hybridized carbons (Fsp3) is 0.611. The Morgan fingerprint density at radius 3 is 2.75 bits per heavy atom. The van der Waals surface area contributed by atoms with E-state index in [1.165, 1.54) is 31.4 Å². The average molecular weight is 356 g/mol. The maximum atomic E-state index is 13.1. The minimum absolute atomic E-state index is 0.309. The second kappa shape index (κ2) is 9.23. The van der Waals surface area contributed by atoms with Gasteiger partial charge in [-0.15, -0.1) is 0 Å². The highest BCUT2D eigenvalue weighted by Gasteiger charge is 2.36. The lowest BCUT2D eigenvalue weighted by Gasteiger charge is -2.42. The van der Waals surface area contributed by atoms with Crippen LogP contribution in [0, 0.1) is 11.2 Å². The molecule has 0 radical (unpaired) electrons. The Kier molecular flexibility index (Phi) is 7.31. The van der Waals surface area contributed by atoms with Crippen LogP contribution < -0.4 is 10.6 Å². The first kappa shape index (κ1) is 19.0. The van der Waals surface area contributed by atoms with E-state index in [1.54, 1.807) is 20.2 Å². The highest BCUT2D eigenvalue weighted by Crippen LogP contribution is 2.43. The van der Waals surface area contributed by atoms with Gasteiger partial charge in [0.15, 0.2) is 5.96 Å². The molecule has 6 heteroatoms. The lowest BCUT2D eigenvalue weighted by atomic mass is 9.67. The molecule has 0 unspecified atom stereocenters. The van der Waals surface area contributed by atoms with Crippen LogP contribution in [-0.4, -0.2) is 39.8 Å².